The van der Waals surface area contributed by atoms with E-state index in [1.807, 2.05) is 30.5 Å². The summed E-state index contributed by atoms with van der Waals surface area (Å²) in [4.78, 5) is 10.8. The quantitative estimate of drug-likeness (QED) is 0.180. The normalized spacial score (nSPS) is 13.3. The highest BCUT2D eigenvalue weighted by Gasteiger charge is 2.36. The van der Waals surface area contributed by atoms with Crippen LogP contribution in [0, 0.1) is 11.3 Å². The third kappa shape index (κ3) is 8.13. The molecule has 0 saturated heterocycles. The Kier molecular flexibility index (Phi) is 11.0. The van der Waals surface area contributed by atoms with Crippen LogP contribution in [0.2, 0.25) is 0 Å². The van der Waals surface area contributed by atoms with Crippen molar-refractivity contribution in [2.45, 2.75) is 98.0 Å². The third-order valence-corrected chi connectivity index (χ3v) is 13.9. The molecule has 0 unspecified atom stereocenters. The fourth-order valence-electron chi connectivity index (χ4n) is 9.94. The van der Waals surface area contributed by atoms with Crippen LogP contribution in [0.5, 0.6) is 11.5 Å². The summed E-state index contributed by atoms with van der Waals surface area (Å²) < 4.78 is 9.34. The first-order valence-electron chi connectivity index (χ1n) is 24.3. The summed E-state index contributed by atoms with van der Waals surface area (Å²) >= 11 is 0. The second-order valence-electron chi connectivity index (χ2n) is 22.4. The molecule has 1 aliphatic rings. The maximum Gasteiger partial charge on any atom is 0.149 e. The van der Waals surface area contributed by atoms with Gasteiger partial charge in [-0.2, -0.15) is 5.26 Å². The number of hydrogen-bond acceptors (Lipinski definition) is 5. The average molecular weight is 917 g/mol. The largest absolute Gasteiger partial charge is 0.507 e. The maximum atomic E-state index is 12.7. The Morgan fingerprint density at radius 3 is 1.90 bits per heavy atom. The summed E-state index contributed by atoms with van der Waals surface area (Å²) in [5.74, 6) is 1.60. The summed E-state index contributed by atoms with van der Waals surface area (Å²) in [6.07, 6.45) is 1.87. The van der Waals surface area contributed by atoms with Gasteiger partial charge in [0, 0.05) is 39.6 Å². The first-order chi connectivity index (χ1) is 33.2. The number of nitrogens with zero attached hydrogens (tertiary/aromatic N) is 4. The molecule has 6 heteroatoms. The van der Waals surface area contributed by atoms with Crippen LogP contribution in [0.15, 0.2) is 158 Å². The minimum Gasteiger partial charge on any atom is -0.507 e. The molecular weight excluding hydrogens is 857 g/mol. The van der Waals surface area contributed by atoms with E-state index < -0.39 is 5.60 Å². The van der Waals surface area contributed by atoms with E-state index in [9.17, 15) is 10.4 Å². The van der Waals surface area contributed by atoms with Crippen molar-refractivity contribution in [2.75, 3.05) is 0 Å². The minimum absolute atomic E-state index is 0.108. The van der Waals surface area contributed by atoms with Crippen LogP contribution in [0.3, 0.4) is 0 Å². The van der Waals surface area contributed by atoms with E-state index in [-0.39, 0.29) is 22.0 Å². The van der Waals surface area contributed by atoms with Crippen molar-refractivity contribution in [2.24, 2.45) is 0 Å². The van der Waals surface area contributed by atoms with Crippen molar-refractivity contribution in [3.63, 3.8) is 0 Å². The highest BCUT2D eigenvalue weighted by atomic mass is 16.5. The second-order valence-corrected chi connectivity index (χ2v) is 22.4. The molecule has 7 aromatic carbocycles. The highest BCUT2D eigenvalue weighted by Crippen LogP contribution is 2.52. The Morgan fingerprint density at radius 1 is 0.557 bits per heavy atom. The molecule has 3 heterocycles. The van der Waals surface area contributed by atoms with Gasteiger partial charge in [-0.3, -0.25) is 9.55 Å². The van der Waals surface area contributed by atoms with Crippen LogP contribution in [0.1, 0.15) is 104 Å². The lowest BCUT2D eigenvalue weighted by Crippen LogP contribution is -2.29. The van der Waals surface area contributed by atoms with Crippen LogP contribution in [-0.2, 0) is 21.8 Å². The van der Waals surface area contributed by atoms with Gasteiger partial charge in [-0.05, 0) is 130 Å². The van der Waals surface area contributed by atoms with E-state index in [0.717, 1.165) is 94.9 Å². The van der Waals surface area contributed by atoms with Gasteiger partial charge in [-0.1, -0.05) is 153 Å². The molecular formula is C64H60N4O2. The van der Waals surface area contributed by atoms with Crippen LogP contribution in [-0.4, -0.2) is 19.6 Å². The van der Waals surface area contributed by atoms with Gasteiger partial charge in [0.1, 0.15) is 22.9 Å². The third-order valence-electron chi connectivity index (χ3n) is 13.9. The first kappa shape index (κ1) is 46.0. The summed E-state index contributed by atoms with van der Waals surface area (Å²) in [6, 6.07) is 55.2. The molecule has 0 spiro atoms. The van der Waals surface area contributed by atoms with Gasteiger partial charge < -0.3 is 9.84 Å². The molecule has 348 valence electrons. The van der Waals surface area contributed by atoms with Crippen LogP contribution < -0.4 is 4.74 Å². The zero-order valence-corrected chi connectivity index (χ0v) is 42.2. The van der Waals surface area contributed by atoms with E-state index in [0.29, 0.717) is 17.0 Å². The molecule has 9 aromatic rings. The number of fused-ring (bicyclic) bond motifs is 4. The predicted molar refractivity (Wildman–Crippen MR) is 288 cm³/mol. The van der Waals surface area contributed by atoms with E-state index in [1.165, 1.54) is 5.56 Å². The van der Waals surface area contributed by atoms with Crippen molar-refractivity contribution in [1.29, 1.82) is 5.26 Å². The highest BCUT2D eigenvalue weighted by molar-refractivity contribution is 6.00. The number of rotatable bonds is 6. The monoisotopic (exact) mass is 916 g/mol. The molecule has 10 rings (SSSR count). The Bertz CT molecular complexity index is 3550. The molecule has 1 N–H and O–H groups in total. The Morgan fingerprint density at radius 2 is 1.23 bits per heavy atom. The van der Waals surface area contributed by atoms with Crippen molar-refractivity contribution in [1.82, 2.24) is 14.5 Å². The van der Waals surface area contributed by atoms with Crippen molar-refractivity contribution in [3.8, 4) is 90.4 Å². The van der Waals surface area contributed by atoms with Gasteiger partial charge in [-0.25, -0.2) is 4.98 Å². The molecule has 0 radical (unpaired) electrons. The van der Waals surface area contributed by atoms with E-state index in [1.54, 1.807) is 0 Å². The van der Waals surface area contributed by atoms with Crippen molar-refractivity contribution < 1.29 is 9.84 Å². The molecule has 0 aliphatic carbocycles. The Balaban J connectivity index is 1.32. The Labute approximate surface area is 413 Å². The fourth-order valence-corrected chi connectivity index (χ4v) is 9.94. The molecule has 0 saturated carbocycles. The molecule has 1 aliphatic heterocycles. The van der Waals surface area contributed by atoms with Crippen LogP contribution in [0.25, 0.3) is 83.9 Å². The summed E-state index contributed by atoms with van der Waals surface area (Å²) in [5, 5.41) is 22.7. The standard InChI is InChI=1S/C64H60N4O2/c1-61(2,3)44-26-28-55(48(35-44)41-21-16-13-17-22-41)68-56-24-18-23-46(57(56)67-60(68)51-36-45(62(4,5)6)37-53(58(51)69)63(7,8)9)43-32-49-47-27-25-39(38-65)31-52(47)64(10,11)70-59(49)50(33-43)54-34-42(29-30-66-54)40-19-14-12-15-20-40/h12-37,69H,1-11H3. The number of para-hydroxylation sites is 1. The van der Waals surface area contributed by atoms with Crippen molar-refractivity contribution >= 4 is 11.0 Å². The van der Waals surface area contributed by atoms with E-state index in [4.69, 9.17) is 14.7 Å². The molecule has 0 bridgehead atoms. The van der Waals surface area contributed by atoms with E-state index >= 15 is 0 Å². The maximum absolute atomic E-state index is 12.7. The van der Waals surface area contributed by atoms with Gasteiger partial charge in [0.25, 0.3) is 0 Å². The number of benzene rings is 7. The van der Waals surface area contributed by atoms with Crippen LogP contribution in [0.4, 0.5) is 0 Å². The van der Waals surface area contributed by atoms with Crippen LogP contribution >= 0.6 is 0 Å². The lowest BCUT2D eigenvalue weighted by Gasteiger charge is -2.36. The van der Waals surface area contributed by atoms with Gasteiger partial charge in [0.05, 0.1) is 39.6 Å². The van der Waals surface area contributed by atoms with Crippen molar-refractivity contribution in [3.05, 3.63) is 186 Å². The number of nitriles is 1. The lowest BCUT2D eigenvalue weighted by molar-refractivity contribution is 0.106. The number of hydrogen-bond donors (Lipinski definition) is 1. The summed E-state index contributed by atoms with van der Waals surface area (Å²) in [6.45, 7) is 24.0. The zero-order chi connectivity index (χ0) is 49.5. The molecule has 0 amide bonds. The second kappa shape index (κ2) is 16.7. The smallest absolute Gasteiger partial charge is 0.149 e. The number of ether oxygens (including phenoxy) is 1. The fraction of sp³-hybridized carbons (Fsp3) is 0.234. The average Bonchev–Trinajstić information content (AvgIpc) is 3.72. The van der Waals surface area contributed by atoms with Gasteiger partial charge in [0.2, 0.25) is 0 Å². The number of phenolic OH excluding ortho intramolecular Hbond substituents is 1. The van der Waals surface area contributed by atoms with Gasteiger partial charge in [0.15, 0.2) is 0 Å². The predicted octanol–water partition coefficient (Wildman–Crippen LogP) is 16.5. The number of pyridine rings is 1. The molecule has 2 aromatic heterocycles. The molecule has 0 fully saturated rings. The SMILES string of the molecule is CC(C)(C)c1ccc(-n2c(-c3cc(C(C)(C)C)cc(C(C)(C)C)c3O)nc3c(-c4cc(-c5cc(-c6ccccc6)ccn5)c5c(c4)-c4ccc(C#N)cc4C(C)(C)O5)cccc32)c(-c2ccccc2)c1. The number of imidazole rings is 1. The number of phenols is 1. The first-order valence-corrected chi connectivity index (χ1v) is 24.3. The van der Waals surface area contributed by atoms with Gasteiger partial charge >= 0.3 is 0 Å². The minimum atomic E-state index is -0.745. The topological polar surface area (TPSA) is 84.0 Å². The number of aromatic hydroxyl groups is 1. The molecule has 0 atom stereocenters. The Hall–Kier alpha value is -7.75. The van der Waals surface area contributed by atoms with Gasteiger partial charge in [-0.15, -0.1) is 0 Å². The summed E-state index contributed by atoms with van der Waals surface area (Å²) in [5.41, 5.74) is 16.2. The summed E-state index contributed by atoms with van der Waals surface area (Å²) in [7, 11) is 0. The lowest BCUT2D eigenvalue weighted by atomic mass is 9.79. The molecule has 6 nitrogen and oxygen atoms in total. The van der Waals surface area contributed by atoms with E-state index in [2.05, 4.69) is 214 Å². The number of aromatic nitrogens is 3. The molecule has 70 heavy (non-hydrogen) atoms. The zero-order valence-electron chi connectivity index (χ0n) is 42.2.